The molecule has 0 saturated carbocycles. The van der Waals surface area contributed by atoms with E-state index in [1.54, 1.807) is 12.1 Å². The highest BCUT2D eigenvalue weighted by Gasteiger charge is 2.25. The van der Waals surface area contributed by atoms with Gasteiger partial charge in [0.25, 0.3) is 5.91 Å². The van der Waals surface area contributed by atoms with Gasteiger partial charge >= 0.3 is 0 Å². The summed E-state index contributed by atoms with van der Waals surface area (Å²) >= 11 is 12.2. The van der Waals surface area contributed by atoms with Crippen LogP contribution in [-0.2, 0) is 4.74 Å². The molecular weight excluding hydrogens is 361 g/mol. The van der Waals surface area contributed by atoms with E-state index in [9.17, 15) is 4.79 Å². The number of hydrogen-bond donors (Lipinski definition) is 1. The summed E-state index contributed by atoms with van der Waals surface area (Å²) in [5, 5.41) is 4.03. The molecule has 1 N–H and O–H groups in total. The van der Waals surface area contributed by atoms with E-state index in [0.717, 1.165) is 18.7 Å². The molecule has 1 aliphatic heterocycles. The lowest BCUT2D eigenvalue weighted by atomic mass is 10.0. The van der Waals surface area contributed by atoms with Gasteiger partial charge in [-0.3, -0.25) is 9.69 Å². The maximum absolute atomic E-state index is 12.4. The van der Waals surface area contributed by atoms with Crippen molar-refractivity contribution in [3.05, 3.63) is 63.9 Å². The maximum Gasteiger partial charge on any atom is 0.252 e. The molecule has 1 unspecified atom stereocenters. The number of aromatic nitrogens is 1. The van der Waals surface area contributed by atoms with E-state index in [1.165, 1.54) is 6.20 Å². The van der Waals surface area contributed by atoms with E-state index in [4.69, 9.17) is 27.9 Å². The number of morpholine rings is 1. The van der Waals surface area contributed by atoms with Crippen molar-refractivity contribution < 1.29 is 9.53 Å². The van der Waals surface area contributed by atoms with Gasteiger partial charge in [-0.25, -0.2) is 4.98 Å². The molecule has 2 aromatic rings. The van der Waals surface area contributed by atoms with Crippen molar-refractivity contribution >= 4 is 29.1 Å². The second-order valence-electron chi connectivity index (χ2n) is 5.77. The van der Waals surface area contributed by atoms with Crippen molar-refractivity contribution in [3.8, 4) is 0 Å². The number of ether oxygens (including phenoxy) is 1. The third-order valence-electron chi connectivity index (χ3n) is 4.20. The Bertz CT molecular complexity index is 719. The van der Waals surface area contributed by atoms with Crippen LogP contribution in [0.4, 0.5) is 0 Å². The SMILES string of the molecule is O=C(NCC(c1ccccc1Cl)N1CCOCC1)c1ccc(Cl)nc1. The number of pyridine rings is 1. The van der Waals surface area contributed by atoms with E-state index >= 15 is 0 Å². The van der Waals surface area contributed by atoms with E-state index in [2.05, 4.69) is 15.2 Å². The first kappa shape index (κ1) is 18.1. The Hall–Kier alpha value is -1.66. The number of nitrogens with one attached hydrogen (secondary N) is 1. The zero-order valence-corrected chi connectivity index (χ0v) is 15.1. The lowest BCUT2D eigenvalue weighted by molar-refractivity contribution is 0.0162. The molecule has 25 heavy (non-hydrogen) atoms. The van der Waals surface area contributed by atoms with Gasteiger partial charge in [0.05, 0.1) is 24.8 Å². The summed E-state index contributed by atoms with van der Waals surface area (Å²) < 4.78 is 5.44. The van der Waals surface area contributed by atoms with Crippen molar-refractivity contribution in [2.75, 3.05) is 32.8 Å². The molecule has 3 rings (SSSR count). The van der Waals surface area contributed by atoms with Gasteiger partial charge in [0.15, 0.2) is 0 Å². The topological polar surface area (TPSA) is 54.5 Å². The predicted molar refractivity (Wildman–Crippen MR) is 98.2 cm³/mol. The van der Waals surface area contributed by atoms with Crippen molar-refractivity contribution in [2.24, 2.45) is 0 Å². The highest BCUT2D eigenvalue weighted by Crippen LogP contribution is 2.27. The molecule has 1 aliphatic rings. The normalized spacial score (nSPS) is 16.4. The van der Waals surface area contributed by atoms with E-state index in [0.29, 0.717) is 35.5 Å². The quantitative estimate of drug-likeness (QED) is 0.810. The van der Waals surface area contributed by atoms with Crippen molar-refractivity contribution in [2.45, 2.75) is 6.04 Å². The first-order chi connectivity index (χ1) is 12.1. The van der Waals surface area contributed by atoms with Gasteiger partial charge in [-0.15, -0.1) is 0 Å². The van der Waals surface area contributed by atoms with Crippen molar-refractivity contribution in [3.63, 3.8) is 0 Å². The fourth-order valence-corrected chi connectivity index (χ4v) is 3.25. The van der Waals surface area contributed by atoms with Gasteiger partial charge in [0.2, 0.25) is 0 Å². The van der Waals surface area contributed by atoms with Gasteiger partial charge in [-0.1, -0.05) is 41.4 Å². The Morgan fingerprint density at radius 3 is 2.64 bits per heavy atom. The monoisotopic (exact) mass is 379 g/mol. The smallest absolute Gasteiger partial charge is 0.252 e. The van der Waals surface area contributed by atoms with Crippen LogP contribution in [0.5, 0.6) is 0 Å². The molecule has 1 aromatic carbocycles. The predicted octanol–water partition coefficient (Wildman–Crippen LogP) is 3.19. The first-order valence-electron chi connectivity index (χ1n) is 8.11. The summed E-state index contributed by atoms with van der Waals surface area (Å²) in [6, 6.07) is 11.0. The first-order valence-corrected chi connectivity index (χ1v) is 8.87. The third kappa shape index (κ3) is 4.70. The third-order valence-corrected chi connectivity index (χ3v) is 4.76. The molecule has 1 aromatic heterocycles. The molecule has 1 fully saturated rings. The second-order valence-corrected chi connectivity index (χ2v) is 6.56. The molecule has 0 radical (unpaired) electrons. The van der Waals surface area contributed by atoms with Crippen LogP contribution < -0.4 is 5.32 Å². The number of benzene rings is 1. The van der Waals surface area contributed by atoms with Crippen LogP contribution in [0, 0.1) is 0 Å². The van der Waals surface area contributed by atoms with Crippen molar-refractivity contribution in [1.82, 2.24) is 15.2 Å². The number of rotatable bonds is 5. The van der Waals surface area contributed by atoms with Gasteiger partial charge in [-0.05, 0) is 23.8 Å². The summed E-state index contributed by atoms with van der Waals surface area (Å²) in [6.45, 7) is 3.40. The largest absolute Gasteiger partial charge is 0.379 e. The minimum Gasteiger partial charge on any atom is -0.379 e. The standard InChI is InChI=1S/C18H19Cl2N3O2/c19-15-4-2-1-3-14(15)16(23-7-9-25-10-8-23)12-22-18(24)13-5-6-17(20)21-11-13/h1-6,11,16H,7-10,12H2,(H,22,24). The van der Waals surface area contributed by atoms with Crippen LogP contribution in [0.15, 0.2) is 42.6 Å². The van der Waals surface area contributed by atoms with Crippen LogP contribution in [0.25, 0.3) is 0 Å². The summed E-state index contributed by atoms with van der Waals surface area (Å²) in [6.07, 6.45) is 1.47. The number of carbonyl (C=O) groups is 1. The second kappa shape index (κ2) is 8.63. The van der Waals surface area contributed by atoms with Gasteiger partial charge < -0.3 is 10.1 Å². The Morgan fingerprint density at radius 2 is 1.96 bits per heavy atom. The number of nitrogens with zero attached hydrogens (tertiary/aromatic N) is 2. The average molecular weight is 380 g/mol. The molecule has 2 heterocycles. The van der Waals surface area contributed by atoms with E-state index < -0.39 is 0 Å². The van der Waals surface area contributed by atoms with Crippen LogP contribution >= 0.6 is 23.2 Å². The highest BCUT2D eigenvalue weighted by molar-refractivity contribution is 6.31. The zero-order chi connectivity index (χ0) is 17.6. The summed E-state index contributed by atoms with van der Waals surface area (Å²) in [7, 11) is 0. The number of amides is 1. The average Bonchev–Trinajstić information content (AvgIpc) is 2.64. The molecule has 1 amide bonds. The van der Waals surface area contributed by atoms with Crippen LogP contribution in [0.1, 0.15) is 22.0 Å². The number of hydrogen-bond acceptors (Lipinski definition) is 4. The van der Waals surface area contributed by atoms with Crippen LogP contribution in [0.2, 0.25) is 10.2 Å². The number of carbonyl (C=O) groups excluding carboxylic acids is 1. The minimum atomic E-state index is -0.186. The fraction of sp³-hybridized carbons (Fsp3) is 0.333. The molecule has 132 valence electrons. The lowest BCUT2D eigenvalue weighted by Crippen LogP contribution is -2.44. The van der Waals surface area contributed by atoms with Crippen LogP contribution in [-0.4, -0.2) is 48.6 Å². The fourth-order valence-electron chi connectivity index (χ4n) is 2.87. The maximum atomic E-state index is 12.4. The molecule has 0 spiro atoms. The molecule has 5 nitrogen and oxygen atoms in total. The van der Waals surface area contributed by atoms with Gasteiger partial charge in [-0.2, -0.15) is 0 Å². The van der Waals surface area contributed by atoms with E-state index in [1.807, 2.05) is 24.3 Å². The summed E-state index contributed by atoms with van der Waals surface area (Å²) in [5.74, 6) is -0.186. The molecule has 7 heteroatoms. The Labute approximate surface area is 156 Å². The summed E-state index contributed by atoms with van der Waals surface area (Å²) in [4.78, 5) is 18.6. The Morgan fingerprint density at radius 1 is 1.20 bits per heavy atom. The zero-order valence-electron chi connectivity index (χ0n) is 13.6. The highest BCUT2D eigenvalue weighted by atomic mass is 35.5. The molecular formula is C18H19Cl2N3O2. The molecule has 1 atom stereocenters. The molecule has 0 aliphatic carbocycles. The van der Waals surface area contributed by atoms with Crippen molar-refractivity contribution in [1.29, 1.82) is 0 Å². The summed E-state index contributed by atoms with van der Waals surface area (Å²) in [5.41, 5.74) is 1.48. The molecule has 0 bridgehead atoms. The minimum absolute atomic E-state index is 0.0122. The van der Waals surface area contributed by atoms with E-state index in [-0.39, 0.29) is 11.9 Å². The Kier molecular flexibility index (Phi) is 6.26. The van der Waals surface area contributed by atoms with Gasteiger partial charge in [0.1, 0.15) is 5.15 Å². The van der Waals surface area contributed by atoms with Gasteiger partial charge in [0, 0.05) is 30.9 Å². The van der Waals surface area contributed by atoms with Crippen LogP contribution in [0.3, 0.4) is 0 Å². The number of halogens is 2. The Balaban J connectivity index is 1.74. The molecule has 1 saturated heterocycles. The lowest BCUT2D eigenvalue weighted by Gasteiger charge is -2.35.